The van der Waals surface area contributed by atoms with E-state index in [-0.39, 0.29) is 24.4 Å². The summed E-state index contributed by atoms with van der Waals surface area (Å²) in [6.07, 6.45) is 1.50. The number of hydrogen-bond acceptors (Lipinski definition) is 5. The van der Waals surface area contributed by atoms with Crippen molar-refractivity contribution in [1.29, 1.82) is 0 Å². The molecule has 0 atom stereocenters. The number of hydrogen-bond donors (Lipinski definition) is 1. The summed E-state index contributed by atoms with van der Waals surface area (Å²) in [6, 6.07) is 5.79. The number of nitro groups is 1. The third kappa shape index (κ3) is 5.07. The Labute approximate surface area is 124 Å². The SMILES string of the molecule is CCCCN(CCO)S(=O)(=O)Cc1ccccc1[N+](=O)[O-]. The van der Waals surface area contributed by atoms with Crippen LogP contribution in [0.4, 0.5) is 5.69 Å². The summed E-state index contributed by atoms with van der Waals surface area (Å²) in [6.45, 7) is 1.97. The molecule has 0 heterocycles. The molecule has 1 aromatic carbocycles. The molecule has 0 aliphatic heterocycles. The highest BCUT2D eigenvalue weighted by molar-refractivity contribution is 7.88. The smallest absolute Gasteiger partial charge is 0.273 e. The Kier molecular flexibility index (Phi) is 6.73. The van der Waals surface area contributed by atoms with Crippen molar-refractivity contribution in [3.05, 3.63) is 39.9 Å². The minimum atomic E-state index is -3.70. The van der Waals surface area contributed by atoms with Crippen LogP contribution in [0, 0.1) is 10.1 Å². The lowest BCUT2D eigenvalue weighted by Gasteiger charge is -2.21. The van der Waals surface area contributed by atoms with Crippen LogP contribution in [0.5, 0.6) is 0 Å². The monoisotopic (exact) mass is 316 g/mol. The summed E-state index contributed by atoms with van der Waals surface area (Å²) in [5.74, 6) is -0.437. The molecular formula is C13H20N2O5S. The van der Waals surface area contributed by atoms with Crippen LogP contribution in [-0.2, 0) is 15.8 Å². The molecule has 1 N–H and O–H groups in total. The van der Waals surface area contributed by atoms with Crippen molar-refractivity contribution in [2.45, 2.75) is 25.5 Å². The first-order valence-electron chi connectivity index (χ1n) is 6.73. The Hall–Kier alpha value is -1.51. The summed E-state index contributed by atoms with van der Waals surface area (Å²) in [5, 5.41) is 19.9. The van der Waals surface area contributed by atoms with Gasteiger partial charge in [0, 0.05) is 24.7 Å². The Morgan fingerprint density at radius 2 is 1.95 bits per heavy atom. The molecule has 0 bridgehead atoms. The van der Waals surface area contributed by atoms with Gasteiger partial charge in [0.05, 0.1) is 17.3 Å². The van der Waals surface area contributed by atoms with Crippen molar-refractivity contribution in [3.63, 3.8) is 0 Å². The van der Waals surface area contributed by atoms with Crippen molar-refractivity contribution < 1.29 is 18.4 Å². The van der Waals surface area contributed by atoms with E-state index in [4.69, 9.17) is 5.11 Å². The number of nitro benzene ring substituents is 1. The molecule has 1 rings (SSSR count). The fraction of sp³-hybridized carbons (Fsp3) is 0.538. The molecule has 0 radical (unpaired) electrons. The highest BCUT2D eigenvalue weighted by Gasteiger charge is 2.25. The summed E-state index contributed by atoms with van der Waals surface area (Å²) >= 11 is 0. The molecule has 0 aliphatic carbocycles. The van der Waals surface area contributed by atoms with Crippen molar-refractivity contribution >= 4 is 15.7 Å². The number of unbranched alkanes of at least 4 members (excludes halogenated alkanes) is 1. The van der Waals surface area contributed by atoms with Crippen molar-refractivity contribution in [3.8, 4) is 0 Å². The van der Waals surface area contributed by atoms with Gasteiger partial charge in [-0.05, 0) is 6.42 Å². The quantitative estimate of drug-likeness (QED) is 0.550. The van der Waals surface area contributed by atoms with Crippen molar-refractivity contribution in [1.82, 2.24) is 4.31 Å². The second-order valence-electron chi connectivity index (χ2n) is 4.62. The summed E-state index contributed by atoms with van der Waals surface area (Å²) < 4.78 is 25.9. The first-order chi connectivity index (χ1) is 9.92. The fourth-order valence-corrected chi connectivity index (χ4v) is 3.52. The third-order valence-corrected chi connectivity index (χ3v) is 4.86. The normalized spacial score (nSPS) is 11.8. The molecule has 0 spiro atoms. The molecule has 7 nitrogen and oxygen atoms in total. The maximum Gasteiger partial charge on any atom is 0.273 e. The summed E-state index contributed by atoms with van der Waals surface area (Å²) in [4.78, 5) is 10.3. The molecule has 0 saturated carbocycles. The lowest BCUT2D eigenvalue weighted by atomic mass is 10.2. The van der Waals surface area contributed by atoms with Gasteiger partial charge < -0.3 is 5.11 Å². The maximum absolute atomic E-state index is 12.4. The molecule has 21 heavy (non-hydrogen) atoms. The molecule has 0 amide bonds. The molecule has 0 saturated heterocycles. The van der Waals surface area contributed by atoms with Gasteiger partial charge in [0.1, 0.15) is 0 Å². The van der Waals surface area contributed by atoms with Gasteiger partial charge in [0.2, 0.25) is 10.0 Å². The highest BCUT2D eigenvalue weighted by Crippen LogP contribution is 2.21. The Balaban J connectivity index is 2.99. The van der Waals surface area contributed by atoms with Crippen LogP contribution >= 0.6 is 0 Å². The number of rotatable bonds is 9. The second-order valence-corrected chi connectivity index (χ2v) is 6.59. The first-order valence-corrected chi connectivity index (χ1v) is 8.34. The molecule has 0 unspecified atom stereocenters. The predicted octanol–water partition coefficient (Wildman–Crippen LogP) is 1.52. The van der Waals surface area contributed by atoms with E-state index >= 15 is 0 Å². The molecule has 118 valence electrons. The number of aliphatic hydroxyl groups is 1. The van der Waals surface area contributed by atoms with Gasteiger partial charge in [-0.25, -0.2) is 8.42 Å². The van der Waals surface area contributed by atoms with E-state index in [2.05, 4.69) is 0 Å². The van der Waals surface area contributed by atoms with Gasteiger partial charge in [0.25, 0.3) is 5.69 Å². The van der Waals surface area contributed by atoms with Gasteiger partial charge in [0.15, 0.2) is 0 Å². The summed E-state index contributed by atoms with van der Waals surface area (Å²) in [5.41, 5.74) is -0.0533. The summed E-state index contributed by atoms with van der Waals surface area (Å²) in [7, 11) is -3.70. The van der Waals surface area contributed by atoms with Gasteiger partial charge >= 0.3 is 0 Å². The largest absolute Gasteiger partial charge is 0.395 e. The minimum Gasteiger partial charge on any atom is -0.395 e. The van der Waals surface area contributed by atoms with Crippen LogP contribution < -0.4 is 0 Å². The molecule has 8 heteroatoms. The topological polar surface area (TPSA) is 101 Å². The van der Waals surface area contributed by atoms with E-state index in [0.717, 1.165) is 6.42 Å². The Morgan fingerprint density at radius 3 is 2.52 bits per heavy atom. The number of sulfonamides is 1. The number of para-hydroxylation sites is 1. The molecule has 0 aromatic heterocycles. The van der Waals surface area contributed by atoms with Crippen LogP contribution in [0.1, 0.15) is 25.3 Å². The lowest BCUT2D eigenvalue weighted by molar-refractivity contribution is -0.385. The van der Waals surface area contributed by atoms with Crippen molar-refractivity contribution in [2.24, 2.45) is 0 Å². The molecule has 0 aliphatic rings. The standard InChI is InChI=1S/C13H20N2O5S/c1-2-3-8-14(9-10-16)21(19,20)11-12-6-4-5-7-13(12)15(17)18/h4-7,16H,2-3,8-11H2,1H3. The average molecular weight is 316 g/mol. The molecular weight excluding hydrogens is 296 g/mol. The van der Waals surface area contributed by atoms with Crippen LogP contribution in [0.15, 0.2) is 24.3 Å². The van der Waals surface area contributed by atoms with E-state index in [1.807, 2.05) is 6.92 Å². The Morgan fingerprint density at radius 1 is 1.29 bits per heavy atom. The van der Waals surface area contributed by atoms with Crippen LogP contribution in [0.25, 0.3) is 0 Å². The Bertz CT molecular complexity index is 574. The van der Waals surface area contributed by atoms with Gasteiger partial charge in [-0.3, -0.25) is 10.1 Å². The number of aliphatic hydroxyl groups excluding tert-OH is 1. The van der Waals surface area contributed by atoms with E-state index in [1.165, 1.54) is 22.5 Å². The third-order valence-electron chi connectivity index (χ3n) is 3.03. The van der Waals surface area contributed by atoms with Crippen LogP contribution in [-0.4, -0.2) is 42.4 Å². The molecule has 1 aromatic rings. The second kappa shape index (κ2) is 8.06. The minimum absolute atomic E-state index is 0.00294. The van der Waals surface area contributed by atoms with E-state index in [9.17, 15) is 18.5 Å². The number of nitrogens with zero attached hydrogens (tertiary/aromatic N) is 2. The zero-order chi connectivity index (χ0) is 15.9. The van der Waals surface area contributed by atoms with Crippen LogP contribution in [0.2, 0.25) is 0 Å². The molecule has 0 fully saturated rings. The first kappa shape index (κ1) is 17.5. The van der Waals surface area contributed by atoms with E-state index in [0.29, 0.717) is 13.0 Å². The average Bonchev–Trinajstić information content (AvgIpc) is 2.43. The number of benzene rings is 1. The predicted molar refractivity (Wildman–Crippen MR) is 79.3 cm³/mol. The van der Waals surface area contributed by atoms with Crippen molar-refractivity contribution in [2.75, 3.05) is 19.7 Å². The van der Waals surface area contributed by atoms with Gasteiger partial charge in [-0.15, -0.1) is 0 Å². The van der Waals surface area contributed by atoms with E-state index in [1.54, 1.807) is 6.07 Å². The van der Waals surface area contributed by atoms with Gasteiger partial charge in [-0.2, -0.15) is 4.31 Å². The zero-order valence-corrected chi connectivity index (χ0v) is 12.8. The fourth-order valence-electron chi connectivity index (χ4n) is 1.93. The lowest BCUT2D eigenvalue weighted by Crippen LogP contribution is -2.35. The zero-order valence-electron chi connectivity index (χ0n) is 11.9. The maximum atomic E-state index is 12.4. The van der Waals surface area contributed by atoms with E-state index < -0.39 is 20.7 Å². The van der Waals surface area contributed by atoms with Gasteiger partial charge in [-0.1, -0.05) is 31.5 Å². The van der Waals surface area contributed by atoms with Crippen LogP contribution in [0.3, 0.4) is 0 Å². The highest BCUT2D eigenvalue weighted by atomic mass is 32.2.